The van der Waals surface area contributed by atoms with Crippen LogP contribution in [-0.4, -0.2) is 30.4 Å². The maximum atomic E-state index is 12.9. The van der Waals surface area contributed by atoms with Gasteiger partial charge in [0.1, 0.15) is 11.3 Å². The summed E-state index contributed by atoms with van der Waals surface area (Å²) in [7, 11) is -4.11. The third kappa shape index (κ3) is 5.79. The molecule has 0 saturated heterocycles. The minimum absolute atomic E-state index is 0.171. The molecule has 0 heterocycles. The number of hydrogen-bond acceptors (Lipinski definition) is 8. The number of hydrogen-bond donors (Lipinski definition) is 1. The fourth-order valence-corrected chi connectivity index (χ4v) is 2.94. The summed E-state index contributed by atoms with van der Waals surface area (Å²) in [4.78, 5) is 32.2. The third-order valence-electron chi connectivity index (χ3n) is 3.46. The van der Waals surface area contributed by atoms with Crippen LogP contribution >= 0.6 is 11.6 Å². The zero-order valence-electron chi connectivity index (χ0n) is 15.0. The highest BCUT2D eigenvalue weighted by atomic mass is 35.5. The Balaban J connectivity index is 2.59. The minimum Gasteiger partial charge on any atom is -0.448 e. The summed E-state index contributed by atoms with van der Waals surface area (Å²) in [6.07, 6.45) is -4.33. The van der Waals surface area contributed by atoms with Gasteiger partial charge in [0, 0.05) is 18.2 Å². The zero-order valence-corrected chi connectivity index (χ0v) is 16.5. The molecule has 0 aromatic heterocycles. The maximum Gasteiger partial charge on any atom is 0.416 e. The molecule has 0 radical (unpaired) electrons. The van der Waals surface area contributed by atoms with Crippen molar-refractivity contribution < 1.29 is 41.0 Å². The van der Waals surface area contributed by atoms with Crippen molar-refractivity contribution in [3.63, 3.8) is 0 Å². The lowest BCUT2D eigenvalue weighted by Crippen LogP contribution is -2.29. The Hall–Kier alpha value is -3.46. The number of alkyl halides is 3. The molecule has 0 unspecified atom stereocenters. The first kappa shape index (κ1) is 23.8. The Morgan fingerprint density at radius 1 is 1.10 bits per heavy atom. The lowest BCUT2D eigenvalue weighted by Gasteiger charge is -2.12. The number of nitrogens with zero attached hydrogens (tertiary/aromatic N) is 2. The van der Waals surface area contributed by atoms with Gasteiger partial charge in [0.25, 0.3) is 11.6 Å². The van der Waals surface area contributed by atoms with Gasteiger partial charge < -0.3 is 4.74 Å². The highest BCUT2D eigenvalue weighted by Gasteiger charge is 2.35. The van der Waals surface area contributed by atoms with Crippen LogP contribution in [0.2, 0.25) is 5.02 Å². The van der Waals surface area contributed by atoms with Crippen LogP contribution in [-0.2, 0) is 16.2 Å². The van der Waals surface area contributed by atoms with E-state index in [2.05, 4.69) is 0 Å². The highest BCUT2D eigenvalue weighted by molar-refractivity contribution is 7.89. The SMILES string of the molecule is CS(=O)(=O)NC(=O)c1cc(Oc2c(Cl)cc(C(F)(F)F)cc2[N+](=O)[O-])ccc1[N+](=O)[O-]. The molecule has 2 rings (SSSR count). The van der Waals surface area contributed by atoms with E-state index in [1.54, 1.807) is 0 Å². The maximum absolute atomic E-state index is 12.9. The van der Waals surface area contributed by atoms with Crippen molar-refractivity contribution in [2.24, 2.45) is 0 Å². The Morgan fingerprint density at radius 2 is 1.68 bits per heavy atom. The molecule has 31 heavy (non-hydrogen) atoms. The predicted octanol–water partition coefficient (Wildman–Crippen LogP) is 3.66. The number of nitro benzene ring substituents is 2. The molecule has 0 bridgehead atoms. The number of carbonyl (C=O) groups excluding carboxylic acids is 1. The van der Waals surface area contributed by atoms with Crippen LogP contribution in [0.25, 0.3) is 0 Å². The van der Waals surface area contributed by atoms with Crippen molar-refractivity contribution in [3.05, 3.63) is 66.7 Å². The highest BCUT2D eigenvalue weighted by Crippen LogP contribution is 2.43. The fourth-order valence-electron chi connectivity index (χ4n) is 2.24. The summed E-state index contributed by atoms with van der Waals surface area (Å²) >= 11 is 5.71. The number of amides is 1. The topological polar surface area (TPSA) is 159 Å². The molecule has 0 spiro atoms. The predicted molar refractivity (Wildman–Crippen MR) is 98.6 cm³/mol. The Bertz CT molecular complexity index is 1200. The summed E-state index contributed by atoms with van der Waals surface area (Å²) in [6, 6.07) is 2.83. The molecule has 0 fully saturated rings. The Labute approximate surface area is 175 Å². The van der Waals surface area contributed by atoms with Gasteiger partial charge in [0.15, 0.2) is 0 Å². The number of sulfonamides is 1. The van der Waals surface area contributed by atoms with Gasteiger partial charge in [0.05, 0.1) is 26.7 Å². The van der Waals surface area contributed by atoms with E-state index in [9.17, 15) is 46.6 Å². The van der Waals surface area contributed by atoms with E-state index >= 15 is 0 Å². The first-order valence-corrected chi connectivity index (χ1v) is 9.90. The van der Waals surface area contributed by atoms with Crippen LogP contribution in [0.1, 0.15) is 15.9 Å². The number of nitrogens with one attached hydrogen (secondary N) is 1. The minimum atomic E-state index is -4.95. The number of benzene rings is 2. The van der Waals surface area contributed by atoms with E-state index in [4.69, 9.17) is 16.3 Å². The molecule has 0 aliphatic carbocycles. The Kier molecular flexibility index (Phi) is 6.41. The number of carbonyl (C=O) groups is 1. The standard InChI is InChI=1S/C15H9ClF3N3O8S/c1-31(28,29)20-14(23)9-6-8(2-3-11(9)21(24)25)30-13-10(16)4-7(15(17,18)19)5-12(13)22(26)27/h2-6H,1H3,(H,20,23). The molecule has 0 aliphatic heterocycles. The normalized spacial score (nSPS) is 11.6. The van der Waals surface area contributed by atoms with Gasteiger partial charge in [-0.3, -0.25) is 25.0 Å². The van der Waals surface area contributed by atoms with Gasteiger partial charge in [0.2, 0.25) is 15.8 Å². The number of nitro groups is 2. The average Bonchev–Trinajstić information content (AvgIpc) is 2.60. The van der Waals surface area contributed by atoms with Gasteiger partial charge in [-0.15, -0.1) is 0 Å². The second-order valence-electron chi connectivity index (χ2n) is 5.80. The molecular formula is C15H9ClF3N3O8S. The molecule has 0 atom stereocenters. The summed E-state index contributed by atoms with van der Waals surface area (Å²) in [5, 5.41) is 21.5. The number of ether oxygens (including phenoxy) is 1. The number of halogens is 4. The van der Waals surface area contributed by atoms with Crippen molar-refractivity contribution in [2.45, 2.75) is 6.18 Å². The second-order valence-corrected chi connectivity index (χ2v) is 7.96. The van der Waals surface area contributed by atoms with E-state index < -0.39 is 71.0 Å². The van der Waals surface area contributed by atoms with Crippen LogP contribution in [0.5, 0.6) is 11.5 Å². The van der Waals surface area contributed by atoms with Crippen molar-refractivity contribution in [1.82, 2.24) is 4.72 Å². The summed E-state index contributed by atoms with van der Waals surface area (Å²) in [5.74, 6) is -2.72. The van der Waals surface area contributed by atoms with E-state index in [0.29, 0.717) is 18.4 Å². The molecule has 1 N–H and O–H groups in total. The summed E-state index contributed by atoms with van der Waals surface area (Å²) in [5.41, 5.74) is -4.21. The summed E-state index contributed by atoms with van der Waals surface area (Å²) in [6.45, 7) is 0. The third-order valence-corrected chi connectivity index (χ3v) is 4.29. The Morgan fingerprint density at radius 3 is 2.16 bits per heavy atom. The van der Waals surface area contributed by atoms with Crippen LogP contribution < -0.4 is 9.46 Å². The average molecular weight is 484 g/mol. The monoisotopic (exact) mass is 483 g/mol. The van der Waals surface area contributed by atoms with Crippen molar-refractivity contribution in [2.75, 3.05) is 6.26 Å². The van der Waals surface area contributed by atoms with Crippen molar-refractivity contribution in [3.8, 4) is 11.5 Å². The fraction of sp³-hybridized carbons (Fsp3) is 0.133. The van der Waals surface area contributed by atoms with Crippen molar-refractivity contribution >= 4 is 38.9 Å². The number of rotatable bonds is 6. The first-order valence-electron chi connectivity index (χ1n) is 7.63. The van der Waals surface area contributed by atoms with E-state index in [0.717, 1.165) is 12.1 Å². The molecule has 2 aromatic rings. The van der Waals surface area contributed by atoms with Crippen LogP contribution in [0.4, 0.5) is 24.5 Å². The van der Waals surface area contributed by atoms with Gasteiger partial charge >= 0.3 is 11.9 Å². The van der Waals surface area contributed by atoms with Gasteiger partial charge in [-0.2, -0.15) is 13.2 Å². The lowest BCUT2D eigenvalue weighted by atomic mass is 10.1. The summed E-state index contributed by atoms with van der Waals surface area (Å²) < 4.78 is 67.8. The first-order chi connectivity index (χ1) is 14.1. The van der Waals surface area contributed by atoms with Crippen LogP contribution in [0, 0.1) is 20.2 Å². The molecular weight excluding hydrogens is 475 g/mol. The smallest absolute Gasteiger partial charge is 0.416 e. The van der Waals surface area contributed by atoms with Gasteiger partial charge in [-0.25, -0.2) is 13.1 Å². The second kappa shape index (κ2) is 8.35. The quantitative estimate of drug-likeness (QED) is 0.481. The zero-order chi connectivity index (χ0) is 23.7. The molecule has 0 aliphatic rings. The molecule has 11 nitrogen and oxygen atoms in total. The molecule has 2 aromatic carbocycles. The molecule has 1 amide bonds. The van der Waals surface area contributed by atoms with Gasteiger partial charge in [-0.1, -0.05) is 11.6 Å². The molecule has 16 heteroatoms. The van der Waals surface area contributed by atoms with E-state index in [1.807, 2.05) is 0 Å². The van der Waals surface area contributed by atoms with E-state index in [-0.39, 0.29) is 6.07 Å². The lowest BCUT2D eigenvalue weighted by molar-refractivity contribution is -0.385. The molecule has 0 saturated carbocycles. The largest absolute Gasteiger partial charge is 0.448 e. The van der Waals surface area contributed by atoms with Crippen LogP contribution in [0.3, 0.4) is 0 Å². The molecule has 166 valence electrons. The van der Waals surface area contributed by atoms with Crippen molar-refractivity contribution in [1.29, 1.82) is 0 Å². The van der Waals surface area contributed by atoms with Gasteiger partial charge in [-0.05, 0) is 12.1 Å². The van der Waals surface area contributed by atoms with E-state index in [1.165, 1.54) is 4.72 Å². The van der Waals surface area contributed by atoms with Crippen LogP contribution in [0.15, 0.2) is 30.3 Å².